The number of halogens is 1. The first-order valence-electron chi connectivity index (χ1n) is 10.2. The maximum atomic E-state index is 13.6. The van der Waals surface area contributed by atoms with Crippen LogP contribution in [-0.2, 0) is 17.6 Å². The van der Waals surface area contributed by atoms with Crippen LogP contribution in [-0.4, -0.2) is 28.4 Å². The fraction of sp³-hybridized carbons (Fsp3) is 0.200. The van der Waals surface area contributed by atoms with Gasteiger partial charge in [0.1, 0.15) is 0 Å². The molecule has 0 spiro atoms. The minimum Gasteiger partial charge on any atom is -0.273 e. The van der Waals surface area contributed by atoms with Gasteiger partial charge in [-0.2, -0.15) is 0 Å². The van der Waals surface area contributed by atoms with Gasteiger partial charge in [0.25, 0.3) is 5.91 Å². The molecule has 3 aromatic carbocycles. The van der Waals surface area contributed by atoms with Crippen LogP contribution in [0.2, 0.25) is 0 Å². The van der Waals surface area contributed by atoms with Gasteiger partial charge in [-0.25, -0.2) is 10.0 Å². The van der Waals surface area contributed by atoms with Gasteiger partial charge in [-0.05, 0) is 53.8 Å². The number of imide groups is 1. The van der Waals surface area contributed by atoms with E-state index in [2.05, 4.69) is 28.1 Å². The molecule has 150 valence electrons. The summed E-state index contributed by atoms with van der Waals surface area (Å²) in [6.45, 7) is 0.648. The second-order valence-corrected chi connectivity index (χ2v) is 8.73. The summed E-state index contributed by atoms with van der Waals surface area (Å²) in [5.41, 5.74) is 4.02. The fourth-order valence-electron chi connectivity index (χ4n) is 4.66. The summed E-state index contributed by atoms with van der Waals surface area (Å²) in [5, 5.41) is 3.39. The van der Waals surface area contributed by atoms with Crippen molar-refractivity contribution in [1.82, 2.24) is 10.0 Å². The average molecular weight is 461 g/mol. The van der Waals surface area contributed by atoms with Crippen molar-refractivity contribution in [1.29, 1.82) is 0 Å². The van der Waals surface area contributed by atoms with E-state index in [1.54, 1.807) is 12.1 Å². The Hall–Kier alpha value is -2.76. The van der Waals surface area contributed by atoms with Gasteiger partial charge < -0.3 is 0 Å². The largest absolute Gasteiger partial charge is 0.275 e. The normalized spacial score (nSPS) is 20.7. The molecule has 5 rings (SSSR count). The van der Waals surface area contributed by atoms with Crippen LogP contribution in [0.3, 0.4) is 0 Å². The van der Waals surface area contributed by atoms with E-state index >= 15 is 0 Å². The molecule has 0 saturated carbocycles. The Balaban J connectivity index is 1.59. The van der Waals surface area contributed by atoms with E-state index in [9.17, 15) is 9.59 Å². The number of carbonyl (C=O) groups is 2. The van der Waals surface area contributed by atoms with Gasteiger partial charge in [0, 0.05) is 16.6 Å². The van der Waals surface area contributed by atoms with E-state index in [1.165, 1.54) is 10.6 Å². The summed E-state index contributed by atoms with van der Waals surface area (Å²) in [4.78, 5) is 27.0. The predicted molar refractivity (Wildman–Crippen MR) is 119 cm³/mol. The van der Waals surface area contributed by atoms with Gasteiger partial charge in [-0.3, -0.25) is 9.59 Å². The summed E-state index contributed by atoms with van der Waals surface area (Å²) in [6, 6.07) is 25.2. The molecular formula is C25H21BrN2O2. The van der Waals surface area contributed by atoms with E-state index in [-0.39, 0.29) is 23.8 Å². The fourth-order valence-corrected chi connectivity index (χ4v) is 5.04. The van der Waals surface area contributed by atoms with Crippen molar-refractivity contribution < 1.29 is 9.59 Å². The molecule has 2 aliphatic rings. The molecule has 0 aromatic heterocycles. The van der Waals surface area contributed by atoms with Crippen LogP contribution in [0.5, 0.6) is 0 Å². The summed E-state index contributed by atoms with van der Waals surface area (Å²) in [7, 11) is 0. The number of hydrazine groups is 1. The van der Waals surface area contributed by atoms with Crippen molar-refractivity contribution in [3.63, 3.8) is 0 Å². The number of hydrogen-bond donors (Lipinski definition) is 0. The van der Waals surface area contributed by atoms with Gasteiger partial charge in [-0.15, -0.1) is 0 Å². The quantitative estimate of drug-likeness (QED) is 0.526. The second kappa shape index (κ2) is 7.82. The molecule has 2 aliphatic heterocycles. The Kier molecular flexibility index (Phi) is 5.01. The lowest BCUT2D eigenvalue weighted by Gasteiger charge is -2.36. The third kappa shape index (κ3) is 3.28. The van der Waals surface area contributed by atoms with E-state index in [4.69, 9.17) is 0 Å². The number of hydrogen-bond acceptors (Lipinski definition) is 3. The van der Waals surface area contributed by atoms with Crippen LogP contribution in [0.4, 0.5) is 0 Å². The number of benzene rings is 3. The first-order chi connectivity index (χ1) is 14.6. The highest BCUT2D eigenvalue weighted by atomic mass is 79.9. The maximum absolute atomic E-state index is 13.6. The molecule has 2 amide bonds. The Morgan fingerprint density at radius 3 is 2.40 bits per heavy atom. The highest BCUT2D eigenvalue weighted by Crippen LogP contribution is 2.45. The van der Waals surface area contributed by atoms with E-state index in [0.29, 0.717) is 18.5 Å². The van der Waals surface area contributed by atoms with Crippen molar-refractivity contribution in [2.45, 2.75) is 18.9 Å². The van der Waals surface area contributed by atoms with Crippen molar-refractivity contribution >= 4 is 27.7 Å². The molecule has 2 atom stereocenters. The molecule has 2 heterocycles. The second-order valence-electron chi connectivity index (χ2n) is 7.82. The van der Waals surface area contributed by atoms with Gasteiger partial charge in [0.05, 0.1) is 12.0 Å². The molecule has 0 N–H and O–H groups in total. The van der Waals surface area contributed by atoms with E-state index < -0.39 is 0 Å². The number of amides is 2. The van der Waals surface area contributed by atoms with Crippen molar-refractivity contribution in [2.75, 3.05) is 6.54 Å². The lowest BCUT2D eigenvalue weighted by atomic mass is 9.83. The molecule has 30 heavy (non-hydrogen) atoms. The first kappa shape index (κ1) is 19.2. The Labute approximate surface area is 184 Å². The molecule has 3 aromatic rings. The van der Waals surface area contributed by atoms with Crippen LogP contribution >= 0.6 is 15.9 Å². The molecule has 0 unspecified atom stereocenters. The first-order valence-corrected chi connectivity index (χ1v) is 10.9. The standard InChI is InChI=1S/C25H21BrN2O2/c26-20-12-11-18-13-14-27-23(21(18)16-20)22(15-17-7-3-1-4-8-17)25(30)28(27)24(29)19-9-5-2-6-10-19/h1-12,16,22-23H,13-15H2/t22-,23+/m0/s1. The summed E-state index contributed by atoms with van der Waals surface area (Å²) in [6.07, 6.45) is 1.41. The molecule has 5 heteroatoms. The third-order valence-electron chi connectivity index (χ3n) is 6.03. The summed E-state index contributed by atoms with van der Waals surface area (Å²) < 4.78 is 0.988. The zero-order valence-corrected chi connectivity index (χ0v) is 18.0. The van der Waals surface area contributed by atoms with Crippen LogP contribution in [0, 0.1) is 5.92 Å². The SMILES string of the molecule is O=C(c1ccccc1)N1C(=O)[C@@H](Cc2ccccc2)[C@H]2c3cc(Br)ccc3CCN21. The lowest BCUT2D eigenvalue weighted by molar-refractivity contribution is -0.135. The van der Waals surface area contributed by atoms with Gasteiger partial charge in [0.15, 0.2) is 0 Å². The Morgan fingerprint density at radius 2 is 1.67 bits per heavy atom. The van der Waals surface area contributed by atoms with Gasteiger partial charge >= 0.3 is 0 Å². The summed E-state index contributed by atoms with van der Waals surface area (Å²) >= 11 is 3.59. The Morgan fingerprint density at radius 1 is 0.967 bits per heavy atom. The molecule has 0 radical (unpaired) electrons. The smallest absolute Gasteiger partial charge is 0.273 e. The van der Waals surface area contributed by atoms with Gasteiger partial charge in [-0.1, -0.05) is 70.5 Å². The lowest BCUT2D eigenvalue weighted by Crippen LogP contribution is -2.46. The number of carbonyl (C=O) groups excluding carboxylic acids is 2. The van der Waals surface area contributed by atoms with Crippen molar-refractivity contribution in [3.05, 3.63) is 106 Å². The van der Waals surface area contributed by atoms with Crippen LogP contribution in [0.25, 0.3) is 0 Å². The van der Waals surface area contributed by atoms with Gasteiger partial charge in [0.2, 0.25) is 5.91 Å². The third-order valence-corrected chi connectivity index (χ3v) is 6.53. The van der Waals surface area contributed by atoms with Crippen LogP contribution in [0.15, 0.2) is 83.3 Å². The van der Waals surface area contributed by atoms with Crippen molar-refractivity contribution in [2.24, 2.45) is 5.92 Å². The van der Waals surface area contributed by atoms with E-state index in [0.717, 1.165) is 22.0 Å². The number of nitrogens with zero attached hydrogens (tertiary/aromatic N) is 2. The Bertz CT molecular complexity index is 1100. The highest BCUT2D eigenvalue weighted by molar-refractivity contribution is 9.10. The molecular weight excluding hydrogens is 440 g/mol. The van der Waals surface area contributed by atoms with Crippen LogP contribution < -0.4 is 0 Å². The van der Waals surface area contributed by atoms with Crippen molar-refractivity contribution in [3.8, 4) is 0 Å². The number of fused-ring (bicyclic) bond motifs is 3. The minimum atomic E-state index is -0.312. The van der Waals surface area contributed by atoms with E-state index in [1.807, 2.05) is 59.6 Å². The molecule has 0 bridgehead atoms. The maximum Gasteiger partial charge on any atom is 0.275 e. The predicted octanol–water partition coefficient (Wildman–Crippen LogP) is 4.80. The monoisotopic (exact) mass is 460 g/mol. The zero-order chi connectivity index (χ0) is 20.7. The van der Waals surface area contributed by atoms with Crippen LogP contribution in [0.1, 0.15) is 33.1 Å². The molecule has 0 aliphatic carbocycles. The molecule has 4 nitrogen and oxygen atoms in total. The average Bonchev–Trinajstić information content (AvgIpc) is 3.06. The highest BCUT2D eigenvalue weighted by Gasteiger charge is 2.51. The topological polar surface area (TPSA) is 40.6 Å². The number of rotatable bonds is 3. The molecule has 1 fully saturated rings. The minimum absolute atomic E-state index is 0.120. The zero-order valence-electron chi connectivity index (χ0n) is 16.4. The summed E-state index contributed by atoms with van der Waals surface area (Å²) in [5.74, 6) is -0.682. The molecule has 1 saturated heterocycles.